The number of alkyl halides is 18. The molecule has 6 aliphatic rings. The summed E-state index contributed by atoms with van der Waals surface area (Å²) in [5, 5.41) is 0. The normalized spacial score (nSPS) is 30.1. The predicted octanol–water partition coefficient (Wildman–Crippen LogP) is 16.8. The fourth-order valence-corrected chi connectivity index (χ4v) is 16.3. The zero-order chi connectivity index (χ0) is 50.1. The van der Waals surface area contributed by atoms with E-state index in [1.54, 1.807) is 6.07 Å². The molecule has 0 bridgehead atoms. The molecule has 0 unspecified atom stereocenters. The Kier molecular flexibility index (Phi) is 9.75. The largest absolute Gasteiger partial charge is 0.380 e. The highest BCUT2D eigenvalue weighted by Crippen LogP contribution is 2.80. The summed E-state index contributed by atoms with van der Waals surface area (Å²) in [5.74, 6) is -54.4. The molecule has 0 spiro atoms. The van der Waals surface area contributed by atoms with Crippen LogP contribution in [0.4, 0.5) is 79.0 Å². The van der Waals surface area contributed by atoms with E-state index < -0.39 is 139 Å². The number of fused-ring (bicyclic) bond motifs is 4. The van der Waals surface area contributed by atoms with Crippen LogP contribution < -0.4 is 0 Å². The highest BCUT2D eigenvalue weighted by molar-refractivity contribution is 8.09. The first-order valence-corrected chi connectivity index (χ1v) is 23.0. The molecule has 1 fully saturated rings. The van der Waals surface area contributed by atoms with Gasteiger partial charge in [0.25, 0.3) is 0 Å². The molecule has 0 N–H and O–H groups in total. The third-order valence-electron chi connectivity index (χ3n) is 13.7. The smallest absolute Gasteiger partial charge is 0.194 e. The van der Waals surface area contributed by atoms with Gasteiger partial charge in [-0.2, -0.15) is 79.0 Å². The summed E-state index contributed by atoms with van der Waals surface area (Å²) in [6, 6.07) is 8.81. The summed E-state index contributed by atoms with van der Waals surface area (Å²) in [4.78, 5) is -3.46. The second kappa shape index (κ2) is 13.5. The molecule has 0 nitrogen and oxygen atoms in total. The third-order valence-corrected chi connectivity index (χ3v) is 19.8. The summed E-state index contributed by atoms with van der Waals surface area (Å²) in [6.07, 6.45) is 0. The van der Waals surface area contributed by atoms with Crippen LogP contribution in [0.5, 0.6) is 0 Å². The molecule has 0 radical (unpaired) electrons. The first-order chi connectivity index (χ1) is 30.3. The molecular formula is C45H30F18S4. The zero-order valence-electron chi connectivity index (χ0n) is 35.4. The number of hydrogen-bond acceptors (Lipinski definition) is 4. The zero-order valence-corrected chi connectivity index (χ0v) is 38.7. The van der Waals surface area contributed by atoms with Crippen molar-refractivity contribution >= 4 is 57.3 Å². The average molecular weight is 1040 g/mol. The SMILES string of the molecule is CC1=C(C2=C(c3sc(C)cc3C)C(F)(F)C(F)(F)C2(F)F)S[C@]2(C)C1=C1C(=C3C(C)=C(C4=C(c5c(C)sc(-c6ccccc6)c5C)C(F)(F)C(F)(F)C4(F)F)S[C@]32C)C(F)(F)C(F)(F)C1(F)F. The lowest BCUT2D eigenvalue weighted by Gasteiger charge is -2.48. The molecule has 0 amide bonds. The van der Waals surface area contributed by atoms with Gasteiger partial charge in [-0.1, -0.05) is 30.3 Å². The maximum Gasteiger partial charge on any atom is 0.380 e. The van der Waals surface area contributed by atoms with Crippen molar-refractivity contribution in [3.63, 3.8) is 0 Å². The fourth-order valence-electron chi connectivity index (χ4n) is 10.5. The number of thiophene rings is 2. The molecule has 1 saturated carbocycles. The molecule has 1 aromatic carbocycles. The van der Waals surface area contributed by atoms with E-state index in [1.165, 1.54) is 37.3 Å². The number of halogens is 18. The first-order valence-electron chi connectivity index (χ1n) is 19.8. The van der Waals surface area contributed by atoms with Gasteiger partial charge in [0.1, 0.15) is 0 Å². The van der Waals surface area contributed by atoms with E-state index in [0.29, 0.717) is 30.7 Å². The van der Waals surface area contributed by atoms with Gasteiger partial charge in [-0.05, 0) is 100 Å². The number of thioether (sulfide) groups is 2. The highest BCUT2D eigenvalue weighted by atomic mass is 32.2. The van der Waals surface area contributed by atoms with E-state index in [9.17, 15) is 0 Å². The topological polar surface area (TPSA) is 0 Å². The van der Waals surface area contributed by atoms with Gasteiger partial charge >= 0.3 is 53.3 Å². The van der Waals surface area contributed by atoms with Gasteiger partial charge in [-0.15, -0.1) is 46.2 Å². The predicted molar refractivity (Wildman–Crippen MR) is 223 cm³/mol. The number of allylic oxidation sites excluding steroid dienone is 8. The van der Waals surface area contributed by atoms with Gasteiger partial charge in [-0.25, -0.2) is 0 Å². The Morgan fingerprint density at radius 2 is 0.776 bits per heavy atom. The minimum Gasteiger partial charge on any atom is -0.194 e. The molecule has 22 heteroatoms. The van der Waals surface area contributed by atoms with Crippen LogP contribution in [0.1, 0.15) is 59.0 Å². The van der Waals surface area contributed by atoms with Gasteiger partial charge in [0.05, 0.1) is 26.2 Å². The molecule has 0 saturated heterocycles. The Bertz CT molecular complexity index is 2990. The van der Waals surface area contributed by atoms with Crippen LogP contribution in [0.15, 0.2) is 90.8 Å². The third kappa shape index (κ3) is 5.21. The van der Waals surface area contributed by atoms with Gasteiger partial charge in [0, 0.05) is 51.6 Å². The number of rotatable bonds is 5. The van der Waals surface area contributed by atoms with Gasteiger partial charge in [0.2, 0.25) is 0 Å². The number of aryl methyl sites for hydroxylation is 3. The molecule has 2 aromatic heterocycles. The minimum absolute atomic E-state index is 0.152. The quantitative estimate of drug-likeness (QED) is 0.234. The molecular weight excluding hydrogens is 1010 g/mol. The van der Waals surface area contributed by atoms with Crippen LogP contribution in [-0.4, -0.2) is 62.8 Å². The molecule has 3 aromatic rings. The van der Waals surface area contributed by atoms with Crippen molar-refractivity contribution in [1.29, 1.82) is 0 Å². The van der Waals surface area contributed by atoms with E-state index in [0.717, 1.165) is 46.0 Å². The maximum absolute atomic E-state index is 16.7. The van der Waals surface area contributed by atoms with Crippen molar-refractivity contribution in [2.45, 2.75) is 118 Å². The minimum atomic E-state index is -6.44. The molecule has 2 aliphatic heterocycles. The average Bonchev–Trinajstić information content (AvgIpc) is 3.93. The number of hydrogen-bond donors (Lipinski definition) is 0. The molecule has 360 valence electrons. The van der Waals surface area contributed by atoms with Crippen molar-refractivity contribution in [2.75, 3.05) is 0 Å². The van der Waals surface area contributed by atoms with Crippen LogP contribution in [0.2, 0.25) is 0 Å². The Labute approximate surface area is 385 Å². The maximum atomic E-state index is 16.7. The van der Waals surface area contributed by atoms with Gasteiger partial charge in [0.15, 0.2) is 0 Å². The highest BCUT2D eigenvalue weighted by Gasteiger charge is 2.87. The summed E-state index contributed by atoms with van der Waals surface area (Å²) in [7, 11) is 0. The van der Waals surface area contributed by atoms with E-state index in [4.69, 9.17) is 0 Å². The molecule has 4 heterocycles. The Morgan fingerprint density at radius 3 is 1.18 bits per heavy atom. The summed E-state index contributed by atoms with van der Waals surface area (Å²) >= 11 is 0.726. The van der Waals surface area contributed by atoms with Crippen LogP contribution in [0.25, 0.3) is 21.6 Å². The lowest BCUT2D eigenvalue weighted by molar-refractivity contribution is -0.259. The van der Waals surface area contributed by atoms with Crippen LogP contribution in [-0.2, 0) is 0 Å². The molecule has 2 atom stereocenters. The Balaban J connectivity index is 1.38. The Morgan fingerprint density at radius 1 is 0.403 bits per heavy atom. The van der Waals surface area contributed by atoms with Crippen LogP contribution in [0, 0.1) is 27.7 Å². The van der Waals surface area contributed by atoms with Crippen molar-refractivity contribution in [2.24, 2.45) is 0 Å². The van der Waals surface area contributed by atoms with E-state index in [1.807, 2.05) is 0 Å². The Hall–Kier alpha value is -3.50. The summed E-state index contributed by atoms with van der Waals surface area (Å²) in [5.41, 5.74) is -18.9. The molecule has 9 rings (SSSR count). The van der Waals surface area contributed by atoms with E-state index >= 15 is 79.0 Å². The van der Waals surface area contributed by atoms with Crippen LogP contribution >= 0.6 is 46.2 Å². The standard InChI is InChI=1S/C45H30F18S4/c1-15-14-16(2)64-31(15)29-30(42(56,57)45(62,63)41(29,54)55)34-19(5)24-27-26(38(48,49)44(60,61)39(27,50)51)23-18(4)33(66-35(23,7)36(24,8)67-34)28-25(37(46,47)43(58,59)40(28,52)53)22-17(3)32(65-20(22)6)21-12-10-9-11-13-21/h9-14H,1-8H3/t35-,36-/m1/s1. The van der Waals surface area contributed by atoms with E-state index in [2.05, 4.69) is 0 Å². The fraction of sp³-hybridized carbons (Fsp3) is 0.422. The monoisotopic (exact) mass is 1040 g/mol. The summed E-state index contributed by atoms with van der Waals surface area (Å²) < 4.78 is 286. The molecule has 67 heavy (non-hydrogen) atoms. The lowest BCUT2D eigenvalue weighted by atomic mass is 9.68. The molecule has 4 aliphatic carbocycles. The van der Waals surface area contributed by atoms with Crippen molar-refractivity contribution in [1.82, 2.24) is 0 Å². The van der Waals surface area contributed by atoms with Gasteiger partial charge < -0.3 is 0 Å². The van der Waals surface area contributed by atoms with Crippen molar-refractivity contribution in [3.05, 3.63) is 122 Å². The second-order valence-electron chi connectivity index (χ2n) is 17.6. The van der Waals surface area contributed by atoms with Crippen molar-refractivity contribution < 1.29 is 79.0 Å². The number of benzene rings is 1. The lowest BCUT2D eigenvalue weighted by Crippen LogP contribution is -2.50. The van der Waals surface area contributed by atoms with Crippen LogP contribution in [0.3, 0.4) is 0 Å². The summed E-state index contributed by atoms with van der Waals surface area (Å²) in [6.45, 7) is 7.47. The second-order valence-corrected chi connectivity index (χ2v) is 22.9. The van der Waals surface area contributed by atoms with E-state index in [-0.39, 0.29) is 49.3 Å². The van der Waals surface area contributed by atoms with Gasteiger partial charge in [-0.3, -0.25) is 0 Å². The van der Waals surface area contributed by atoms with Crippen molar-refractivity contribution in [3.8, 4) is 10.4 Å². The first kappa shape index (κ1) is 48.5.